The first-order valence-corrected chi connectivity index (χ1v) is 8.79. The summed E-state index contributed by atoms with van der Waals surface area (Å²) in [5.74, 6) is 0.545. The molecular formula is C20H17Cl2N3O. The van der Waals surface area contributed by atoms with Crippen molar-refractivity contribution in [3.05, 3.63) is 82.0 Å². The summed E-state index contributed by atoms with van der Waals surface area (Å²) in [6.07, 6.45) is 1.93. The third-order valence-corrected chi connectivity index (χ3v) is 4.23. The topological polar surface area (TPSA) is 54.0 Å². The number of hydrogen-bond donors (Lipinski definition) is 2. The maximum Gasteiger partial charge on any atom is 0.228 e. The zero-order valence-corrected chi connectivity index (χ0v) is 15.6. The molecule has 0 unspecified atom stereocenters. The van der Waals surface area contributed by atoms with Gasteiger partial charge < -0.3 is 10.6 Å². The first-order chi connectivity index (χ1) is 12.5. The number of carbonyl (C=O) groups excluding carboxylic acids is 1. The minimum atomic E-state index is -0.0802. The lowest BCUT2D eigenvalue weighted by Crippen LogP contribution is -2.15. The minimum Gasteiger partial charge on any atom is -0.340 e. The lowest BCUT2D eigenvalue weighted by Gasteiger charge is -2.09. The van der Waals surface area contributed by atoms with Gasteiger partial charge in [0.05, 0.1) is 18.3 Å². The van der Waals surface area contributed by atoms with Crippen LogP contribution in [0.15, 0.2) is 60.8 Å². The van der Waals surface area contributed by atoms with Crippen LogP contribution in [-0.2, 0) is 11.2 Å². The molecule has 0 bridgehead atoms. The Morgan fingerprint density at radius 1 is 1.00 bits per heavy atom. The normalized spacial score (nSPS) is 10.4. The van der Waals surface area contributed by atoms with Crippen LogP contribution in [0.4, 0.5) is 17.2 Å². The van der Waals surface area contributed by atoms with E-state index in [2.05, 4.69) is 15.6 Å². The van der Waals surface area contributed by atoms with E-state index in [1.807, 2.05) is 31.2 Å². The van der Waals surface area contributed by atoms with Crippen molar-refractivity contribution in [3.8, 4) is 0 Å². The van der Waals surface area contributed by atoms with Crippen molar-refractivity contribution in [1.29, 1.82) is 0 Å². The summed E-state index contributed by atoms with van der Waals surface area (Å²) in [6, 6.07) is 16.6. The summed E-state index contributed by atoms with van der Waals surface area (Å²) < 4.78 is 0. The molecule has 4 nitrogen and oxygen atoms in total. The minimum absolute atomic E-state index is 0.0802. The van der Waals surface area contributed by atoms with E-state index in [4.69, 9.17) is 23.2 Å². The van der Waals surface area contributed by atoms with Crippen molar-refractivity contribution in [2.75, 3.05) is 10.6 Å². The van der Waals surface area contributed by atoms with Crippen molar-refractivity contribution in [3.63, 3.8) is 0 Å². The average molecular weight is 386 g/mol. The number of amides is 1. The van der Waals surface area contributed by atoms with Gasteiger partial charge in [-0.2, -0.15) is 0 Å². The molecule has 2 N–H and O–H groups in total. The molecule has 0 saturated heterocycles. The van der Waals surface area contributed by atoms with Crippen molar-refractivity contribution < 1.29 is 4.79 Å². The molecule has 1 amide bonds. The zero-order chi connectivity index (χ0) is 18.5. The summed E-state index contributed by atoms with van der Waals surface area (Å²) in [7, 11) is 0. The molecule has 26 heavy (non-hydrogen) atoms. The Labute approximate surface area is 162 Å². The van der Waals surface area contributed by atoms with E-state index in [1.165, 1.54) is 0 Å². The first-order valence-electron chi connectivity index (χ1n) is 8.03. The molecular weight excluding hydrogens is 369 g/mol. The highest BCUT2D eigenvalue weighted by atomic mass is 35.5. The second-order valence-corrected chi connectivity index (χ2v) is 6.74. The zero-order valence-electron chi connectivity index (χ0n) is 14.1. The van der Waals surface area contributed by atoms with Crippen LogP contribution in [0.5, 0.6) is 0 Å². The molecule has 1 aromatic heterocycles. The van der Waals surface area contributed by atoms with Crippen molar-refractivity contribution in [1.82, 2.24) is 4.98 Å². The Hall–Kier alpha value is -2.56. The summed E-state index contributed by atoms with van der Waals surface area (Å²) >= 11 is 12.0. The van der Waals surface area contributed by atoms with Crippen LogP contribution >= 0.6 is 23.2 Å². The second-order valence-electron chi connectivity index (χ2n) is 5.87. The van der Waals surface area contributed by atoms with E-state index in [1.54, 1.807) is 36.5 Å². The average Bonchev–Trinajstić information content (AvgIpc) is 2.58. The van der Waals surface area contributed by atoms with Crippen LogP contribution in [0.2, 0.25) is 10.0 Å². The van der Waals surface area contributed by atoms with E-state index >= 15 is 0 Å². The number of aromatic nitrogens is 1. The summed E-state index contributed by atoms with van der Waals surface area (Å²) in [6.45, 7) is 1.99. The van der Waals surface area contributed by atoms with E-state index in [0.717, 1.165) is 16.8 Å². The SMILES string of the molecule is Cc1ccccc1CC(=O)Nc1ccc(Nc2cc(Cl)cc(Cl)c2)nc1. The van der Waals surface area contributed by atoms with Gasteiger partial charge in [-0.1, -0.05) is 47.5 Å². The molecule has 0 saturated carbocycles. The van der Waals surface area contributed by atoms with Gasteiger partial charge in [-0.05, 0) is 48.4 Å². The Bertz CT molecular complexity index is 906. The summed E-state index contributed by atoms with van der Waals surface area (Å²) in [5.41, 5.74) is 3.49. The standard InChI is InChI=1S/C20H17Cl2N3O/c1-13-4-2-3-5-14(13)8-20(26)25-17-6-7-19(23-12-17)24-18-10-15(21)9-16(22)11-18/h2-7,9-12H,8H2,1H3,(H,23,24)(H,25,26). The predicted molar refractivity (Wildman–Crippen MR) is 107 cm³/mol. The van der Waals surface area contributed by atoms with Crippen LogP contribution in [-0.4, -0.2) is 10.9 Å². The van der Waals surface area contributed by atoms with Crippen LogP contribution in [0, 0.1) is 6.92 Å². The molecule has 0 fully saturated rings. The maximum atomic E-state index is 12.2. The van der Waals surface area contributed by atoms with Gasteiger partial charge >= 0.3 is 0 Å². The van der Waals surface area contributed by atoms with Gasteiger partial charge in [0.15, 0.2) is 0 Å². The highest BCUT2D eigenvalue weighted by Crippen LogP contribution is 2.25. The number of nitrogens with one attached hydrogen (secondary N) is 2. The molecule has 0 aliphatic rings. The summed E-state index contributed by atoms with van der Waals surface area (Å²) in [4.78, 5) is 16.5. The molecule has 0 aliphatic heterocycles. The fourth-order valence-electron chi connectivity index (χ4n) is 2.50. The van der Waals surface area contributed by atoms with Gasteiger partial charge in [-0.3, -0.25) is 4.79 Å². The number of benzene rings is 2. The van der Waals surface area contributed by atoms with Crippen LogP contribution in [0.1, 0.15) is 11.1 Å². The largest absolute Gasteiger partial charge is 0.340 e. The third-order valence-electron chi connectivity index (χ3n) is 3.79. The third kappa shape index (κ3) is 4.97. The van der Waals surface area contributed by atoms with Gasteiger partial charge in [0, 0.05) is 15.7 Å². The molecule has 0 atom stereocenters. The summed E-state index contributed by atoms with van der Waals surface area (Å²) in [5, 5.41) is 7.06. The number of hydrogen-bond acceptors (Lipinski definition) is 3. The van der Waals surface area contributed by atoms with E-state index in [9.17, 15) is 4.79 Å². The predicted octanol–water partition coefficient (Wildman–Crippen LogP) is 5.62. The van der Waals surface area contributed by atoms with Gasteiger partial charge in [-0.25, -0.2) is 4.98 Å². The molecule has 0 spiro atoms. The van der Waals surface area contributed by atoms with Gasteiger partial charge in [0.25, 0.3) is 0 Å². The van der Waals surface area contributed by atoms with E-state index in [-0.39, 0.29) is 5.91 Å². The molecule has 3 rings (SSSR count). The Morgan fingerprint density at radius 3 is 2.38 bits per heavy atom. The lowest BCUT2D eigenvalue weighted by atomic mass is 10.1. The van der Waals surface area contributed by atoms with Gasteiger partial charge in [0.1, 0.15) is 5.82 Å². The van der Waals surface area contributed by atoms with E-state index < -0.39 is 0 Å². The van der Waals surface area contributed by atoms with Crippen molar-refractivity contribution >= 4 is 46.3 Å². The quantitative estimate of drug-likeness (QED) is 0.598. The number of anilines is 3. The number of carbonyl (C=O) groups is 1. The van der Waals surface area contributed by atoms with Crippen LogP contribution in [0.3, 0.4) is 0 Å². The molecule has 0 aliphatic carbocycles. The molecule has 1 heterocycles. The lowest BCUT2D eigenvalue weighted by molar-refractivity contribution is -0.115. The number of nitrogens with zero attached hydrogens (tertiary/aromatic N) is 1. The van der Waals surface area contributed by atoms with Gasteiger partial charge in [0.2, 0.25) is 5.91 Å². The van der Waals surface area contributed by atoms with E-state index in [0.29, 0.717) is 28.0 Å². The second kappa shape index (κ2) is 8.21. The molecule has 0 radical (unpaired) electrons. The molecule has 3 aromatic rings. The fraction of sp³-hybridized carbons (Fsp3) is 0.100. The van der Waals surface area contributed by atoms with Crippen LogP contribution in [0.25, 0.3) is 0 Å². The van der Waals surface area contributed by atoms with Crippen LogP contribution < -0.4 is 10.6 Å². The maximum absolute atomic E-state index is 12.2. The number of aryl methyl sites for hydroxylation is 1. The molecule has 2 aromatic carbocycles. The Balaban J connectivity index is 1.62. The highest BCUT2D eigenvalue weighted by molar-refractivity contribution is 6.35. The van der Waals surface area contributed by atoms with Crippen molar-refractivity contribution in [2.45, 2.75) is 13.3 Å². The van der Waals surface area contributed by atoms with Crippen molar-refractivity contribution in [2.24, 2.45) is 0 Å². The molecule has 6 heteroatoms. The molecule has 132 valence electrons. The number of halogens is 2. The Kier molecular flexibility index (Phi) is 5.76. The number of rotatable bonds is 5. The Morgan fingerprint density at radius 2 is 1.73 bits per heavy atom. The first kappa shape index (κ1) is 18.2. The number of pyridine rings is 1. The van der Waals surface area contributed by atoms with Gasteiger partial charge in [-0.15, -0.1) is 0 Å². The smallest absolute Gasteiger partial charge is 0.228 e. The monoisotopic (exact) mass is 385 g/mol. The highest BCUT2D eigenvalue weighted by Gasteiger charge is 2.07. The fourth-order valence-corrected chi connectivity index (χ4v) is 3.03.